The van der Waals surface area contributed by atoms with Gasteiger partial charge in [0.1, 0.15) is 11.3 Å². The number of fused-ring (bicyclic) bond motifs is 3. The highest BCUT2D eigenvalue weighted by Gasteiger charge is 2.29. The molecule has 7 rings (SSSR count). The lowest BCUT2D eigenvalue weighted by atomic mass is 9.87. The summed E-state index contributed by atoms with van der Waals surface area (Å²) in [6.45, 7) is 11.8. The van der Waals surface area contributed by atoms with Crippen molar-refractivity contribution in [1.29, 1.82) is 0 Å². The molecule has 264 valence electrons. The number of amides is 1. The lowest BCUT2D eigenvalue weighted by Gasteiger charge is -2.36. The molecule has 0 spiro atoms. The maximum absolute atomic E-state index is 15.4. The van der Waals surface area contributed by atoms with Crippen LogP contribution in [-0.2, 0) is 31.7 Å². The van der Waals surface area contributed by atoms with Crippen LogP contribution in [0.15, 0.2) is 36.5 Å². The van der Waals surface area contributed by atoms with Gasteiger partial charge in [-0.05, 0) is 100 Å². The molecule has 0 radical (unpaired) electrons. The number of hydrogen-bond acceptors (Lipinski definition) is 7. The van der Waals surface area contributed by atoms with Crippen molar-refractivity contribution in [3.05, 3.63) is 70.4 Å². The molecule has 2 N–H and O–H groups in total. The van der Waals surface area contributed by atoms with Crippen LogP contribution in [0.5, 0.6) is 5.75 Å². The number of nitrogens with zero attached hydrogens (tertiary/aromatic N) is 6. The van der Waals surface area contributed by atoms with E-state index in [9.17, 15) is 14.7 Å². The standard InChI is InChI=1S/C34H35FN6O4.C4H10O/c1-19-23-6-5-13-45-32(23)27(35)15-24(19)31-25(17-30(42)43)20(2)37-33-26(31)16-29(38(33)3)34(44)41-11-9-40(10-12-41)22-7-8-28-21(14-22)18-36-39(28)4;1-4(2,3)5/h7-8,14-16,18H,5-6,9-13,17H2,1-4H3,(H,42,43);5H,1-3H3. The second kappa shape index (κ2) is 13.4. The zero-order valence-electron chi connectivity index (χ0n) is 29.8. The Morgan fingerprint density at radius 1 is 1.04 bits per heavy atom. The average Bonchev–Trinajstić information content (AvgIpc) is 3.60. The first-order valence-electron chi connectivity index (χ1n) is 17.0. The first-order valence-corrected chi connectivity index (χ1v) is 17.0. The minimum atomic E-state index is -1.01. The molecule has 2 aromatic carbocycles. The summed E-state index contributed by atoms with van der Waals surface area (Å²) in [7, 11) is 3.73. The minimum Gasteiger partial charge on any atom is -0.490 e. The van der Waals surface area contributed by atoms with Crippen LogP contribution in [0.2, 0.25) is 0 Å². The van der Waals surface area contributed by atoms with E-state index in [2.05, 4.69) is 28.2 Å². The van der Waals surface area contributed by atoms with E-state index in [1.807, 2.05) is 29.7 Å². The number of carboxylic acids is 1. The van der Waals surface area contributed by atoms with Crippen molar-refractivity contribution in [3.63, 3.8) is 0 Å². The highest BCUT2D eigenvalue weighted by molar-refractivity contribution is 6.04. The minimum absolute atomic E-state index is 0.122. The molecule has 0 aliphatic carbocycles. The smallest absolute Gasteiger partial charge is 0.307 e. The van der Waals surface area contributed by atoms with Gasteiger partial charge < -0.3 is 29.3 Å². The van der Waals surface area contributed by atoms with Crippen LogP contribution in [0.4, 0.5) is 10.1 Å². The highest BCUT2D eigenvalue weighted by Crippen LogP contribution is 2.42. The number of hydrogen-bond donors (Lipinski definition) is 2. The van der Waals surface area contributed by atoms with Gasteiger partial charge >= 0.3 is 5.97 Å². The number of aliphatic carboxylic acids is 1. The molecule has 11 nitrogen and oxygen atoms in total. The molecule has 2 aliphatic rings. The van der Waals surface area contributed by atoms with Crippen LogP contribution in [0.25, 0.3) is 33.1 Å². The van der Waals surface area contributed by atoms with Crippen LogP contribution in [0.3, 0.4) is 0 Å². The highest BCUT2D eigenvalue weighted by atomic mass is 19.1. The van der Waals surface area contributed by atoms with Gasteiger partial charge in [0.25, 0.3) is 5.91 Å². The van der Waals surface area contributed by atoms with E-state index in [0.29, 0.717) is 78.3 Å². The first kappa shape index (κ1) is 34.9. The van der Waals surface area contributed by atoms with Gasteiger partial charge in [-0.1, -0.05) is 0 Å². The molecule has 5 heterocycles. The summed E-state index contributed by atoms with van der Waals surface area (Å²) in [5.74, 6) is -1.33. The topological polar surface area (TPSA) is 126 Å². The number of piperazine rings is 1. The van der Waals surface area contributed by atoms with Crippen LogP contribution < -0.4 is 9.64 Å². The lowest BCUT2D eigenvalue weighted by molar-refractivity contribution is -0.136. The fourth-order valence-corrected chi connectivity index (χ4v) is 6.96. The normalized spacial score (nSPS) is 14.7. The van der Waals surface area contributed by atoms with Crippen molar-refractivity contribution >= 4 is 39.5 Å². The van der Waals surface area contributed by atoms with Gasteiger partial charge in [-0.3, -0.25) is 14.3 Å². The SMILES string of the molecule is CC(C)(C)O.Cc1nc2c(cc(C(=O)N3CCN(c4ccc5c(cnn5C)c4)CC3)n2C)c(-c2cc(F)c3c(c2C)CCCO3)c1CC(=O)O. The van der Waals surface area contributed by atoms with E-state index in [-0.39, 0.29) is 18.1 Å². The number of benzene rings is 2. The molecule has 1 amide bonds. The number of carboxylic acid groups (broad SMARTS) is 1. The number of aliphatic hydroxyl groups is 1. The summed E-state index contributed by atoms with van der Waals surface area (Å²) in [5, 5.41) is 24.4. The number of carbonyl (C=O) groups is 2. The number of aryl methyl sites for hydroxylation is 3. The Hall–Kier alpha value is -4.97. The Balaban J connectivity index is 0.000000808. The Morgan fingerprint density at radius 2 is 1.74 bits per heavy atom. The predicted molar refractivity (Wildman–Crippen MR) is 192 cm³/mol. The molecule has 3 aromatic heterocycles. The Labute approximate surface area is 290 Å². The number of rotatable bonds is 5. The van der Waals surface area contributed by atoms with E-state index >= 15 is 4.39 Å². The van der Waals surface area contributed by atoms with Crippen LogP contribution in [0, 0.1) is 19.7 Å². The molecular weight excluding hydrogens is 639 g/mol. The molecule has 0 bridgehead atoms. The van der Waals surface area contributed by atoms with Gasteiger partial charge in [-0.15, -0.1) is 0 Å². The third kappa shape index (κ3) is 6.76. The quantitative estimate of drug-likeness (QED) is 0.246. The van der Waals surface area contributed by atoms with Gasteiger partial charge in [0.2, 0.25) is 0 Å². The fourth-order valence-electron chi connectivity index (χ4n) is 6.96. The predicted octanol–water partition coefficient (Wildman–Crippen LogP) is 5.57. The molecule has 0 unspecified atom stereocenters. The number of pyridine rings is 1. The van der Waals surface area contributed by atoms with Crippen molar-refractivity contribution in [2.75, 3.05) is 37.7 Å². The maximum Gasteiger partial charge on any atom is 0.307 e. The summed E-state index contributed by atoms with van der Waals surface area (Å²) in [6.07, 6.45) is 3.04. The average molecular weight is 685 g/mol. The number of ether oxygens (including phenoxy) is 1. The summed E-state index contributed by atoms with van der Waals surface area (Å²) < 4.78 is 24.7. The number of carbonyl (C=O) groups excluding carboxylic acids is 1. The maximum atomic E-state index is 15.4. The van der Waals surface area contributed by atoms with Gasteiger partial charge in [0.15, 0.2) is 11.6 Å². The zero-order chi connectivity index (χ0) is 36.1. The molecule has 1 saturated heterocycles. The third-order valence-electron chi connectivity index (χ3n) is 9.40. The van der Waals surface area contributed by atoms with Crippen LogP contribution in [0.1, 0.15) is 60.1 Å². The molecule has 50 heavy (non-hydrogen) atoms. The van der Waals surface area contributed by atoms with Crippen molar-refractivity contribution in [2.45, 2.75) is 59.5 Å². The number of anilines is 1. The molecule has 0 atom stereocenters. The Bertz CT molecular complexity index is 2110. The Kier molecular flexibility index (Phi) is 9.34. The summed E-state index contributed by atoms with van der Waals surface area (Å²) in [5.41, 5.74) is 6.58. The van der Waals surface area contributed by atoms with Crippen molar-refractivity contribution in [3.8, 4) is 16.9 Å². The van der Waals surface area contributed by atoms with E-state index in [0.717, 1.165) is 34.1 Å². The number of aromatic nitrogens is 4. The van der Waals surface area contributed by atoms with E-state index in [4.69, 9.17) is 14.8 Å². The first-order chi connectivity index (χ1) is 23.6. The largest absolute Gasteiger partial charge is 0.490 e. The fraction of sp³-hybridized carbons (Fsp3) is 0.421. The van der Waals surface area contributed by atoms with Crippen molar-refractivity contribution < 1.29 is 28.9 Å². The molecular formula is C38H45FN6O5. The second-order valence-corrected chi connectivity index (χ2v) is 14.2. The van der Waals surface area contributed by atoms with Gasteiger partial charge in [0, 0.05) is 68.0 Å². The van der Waals surface area contributed by atoms with Gasteiger partial charge in [0.05, 0.1) is 30.3 Å². The number of halogens is 1. The lowest BCUT2D eigenvalue weighted by Crippen LogP contribution is -2.49. The summed E-state index contributed by atoms with van der Waals surface area (Å²) in [6, 6.07) is 9.52. The van der Waals surface area contributed by atoms with E-state index in [1.165, 1.54) is 6.07 Å². The van der Waals surface area contributed by atoms with Crippen molar-refractivity contribution in [1.82, 2.24) is 24.2 Å². The molecule has 1 fully saturated rings. The summed E-state index contributed by atoms with van der Waals surface area (Å²) in [4.78, 5) is 34.9. The van der Waals surface area contributed by atoms with Gasteiger partial charge in [-0.25, -0.2) is 9.37 Å². The Morgan fingerprint density at radius 3 is 2.42 bits per heavy atom. The summed E-state index contributed by atoms with van der Waals surface area (Å²) >= 11 is 0. The van der Waals surface area contributed by atoms with Gasteiger partial charge in [-0.2, -0.15) is 5.10 Å². The second-order valence-electron chi connectivity index (χ2n) is 14.2. The van der Waals surface area contributed by atoms with Crippen LogP contribution >= 0.6 is 0 Å². The molecule has 12 heteroatoms. The van der Waals surface area contributed by atoms with E-state index < -0.39 is 17.4 Å². The van der Waals surface area contributed by atoms with Crippen molar-refractivity contribution in [2.24, 2.45) is 14.1 Å². The van der Waals surface area contributed by atoms with Crippen LogP contribution in [-0.4, -0.2) is 84.7 Å². The molecule has 2 aliphatic heterocycles. The monoisotopic (exact) mass is 684 g/mol. The zero-order valence-corrected chi connectivity index (χ0v) is 29.8. The molecule has 0 saturated carbocycles. The molecule has 5 aromatic rings. The van der Waals surface area contributed by atoms with E-state index in [1.54, 1.807) is 45.4 Å². The third-order valence-corrected chi connectivity index (χ3v) is 9.40.